The third kappa shape index (κ3) is 5.51. The summed E-state index contributed by atoms with van der Waals surface area (Å²) in [6.45, 7) is 7.46. The van der Waals surface area contributed by atoms with E-state index < -0.39 is 26.0 Å². The molecule has 36 heavy (non-hydrogen) atoms. The Labute approximate surface area is 214 Å². The quantitative estimate of drug-likeness (QED) is 0.589. The van der Waals surface area contributed by atoms with Crippen LogP contribution in [0.15, 0.2) is 46.2 Å². The minimum Gasteiger partial charge on any atom is -0.352 e. The van der Waals surface area contributed by atoms with E-state index in [2.05, 4.69) is 5.32 Å². The summed E-state index contributed by atoms with van der Waals surface area (Å²) in [5, 5.41) is 2.90. The van der Waals surface area contributed by atoms with Crippen LogP contribution in [0.2, 0.25) is 0 Å². The zero-order chi connectivity index (χ0) is 26.1. The summed E-state index contributed by atoms with van der Waals surface area (Å²) in [5.74, 6) is -0.629. The Bertz CT molecular complexity index is 1310. The maximum absolute atomic E-state index is 13.4. The summed E-state index contributed by atoms with van der Waals surface area (Å²) < 4.78 is 55.2. The molecule has 2 aliphatic heterocycles. The molecule has 1 unspecified atom stereocenters. The molecule has 1 amide bonds. The van der Waals surface area contributed by atoms with Crippen molar-refractivity contribution in [3.05, 3.63) is 58.7 Å². The van der Waals surface area contributed by atoms with E-state index in [9.17, 15) is 21.6 Å². The van der Waals surface area contributed by atoms with E-state index in [0.717, 1.165) is 24.0 Å². The molecule has 0 saturated carbocycles. The molecule has 1 atom stereocenters. The molecule has 0 aliphatic carbocycles. The number of nitrogens with zero attached hydrogens (tertiary/aromatic N) is 2. The van der Waals surface area contributed by atoms with E-state index >= 15 is 0 Å². The first-order valence-electron chi connectivity index (χ1n) is 12.4. The number of amides is 1. The molecule has 2 aromatic carbocycles. The molecule has 1 N–H and O–H groups in total. The number of hydrogen-bond acceptors (Lipinski definition) is 5. The van der Waals surface area contributed by atoms with Crippen molar-refractivity contribution in [3.63, 3.8) is 0 Å². The highest BCUT2D eigenvalue weighted by atomic mass is 32.2. The molecule has 2 aliphatic rings. The average molecular weight is 534 g/mol. The van der Waals surface area contributed by atoms with Gasteiger partial charge < -0.3 is 5.32 Å². The summed E-state index contributed by atoms with van der Waals surface area (Å²) in [6.07, 6.45) is 3.00. The van der Waals surface area contributed by atoms with Crippen molar-refractivity contribution in [3.8, 4) is 0 Å². The van der Waals surface area contributed by atoms with Gasteiger partial charge in [0.2, 0.25) is 26.0 Å². The van der Waals surface area contributed by atoms with E-state index in [0.29, 0.717) is 48.5 Å². The maximum atomic E-state index is 13.4. The second-order valence-electron chi connectivity index (χ2n) is 9.90. The SMILES string of the molecule is Cc1cc(C)c(S(=O)(=O)N2CCCC(C(=O)NCc3ccc(S(=O)(=O)N4CCCC4)cc3)C2)c(C)c1. The molecule has 10 heteroatoms. The number of hydrogen-bond donors (Lipinski definition) is 1. The fraction of sp³-hybridized carbons (Fsp3) is 0.500. The number of aryl methyl sites for hydroxylation is 3. The summed E-state index contributed by atoms with van der Waals surface area (Å²) in [4.78, 5) is 13.5. The van der Waals surface area contributed by atoms with Crippen molar-refractivity contribution < 1.29 is 21.6 Å². The molecule has 8 nitrogen and oxygen atoms in total. The van der Waals surface area contributed by atoms with E-state index in [1.54, 1.807) is 24.3 Å². The van der Waals surface area contributed by atoms with Crippen LogP contribution in [0.1, 0.15) is 47.9 Å². The van der Waals surface area contributed by atoms with Crippen LogP contribution in [0, 0.1) is 26.7 Å². The Kier molecular flexibility index (Phi) is 7.89. The standard InChI is InChI=1S/C26H35N3O5S2/c1-19-15-20(2)25(21(3)16-19)36(33,34)29-14-6-7-23(18-29)26(30)27-17-22-8-10-24(11-9-22)35(31,32)28-12-4-5-13-28/h8-11,15-16,23H,4-7,12-14,17-18H2,1-3H3,(H,27,30). The van der Waals surface area contributed by atoms with Gasteiger partial charge >= 0.3 is 0 Å². The van der Waals surface area contributed by atoms with Gasteiger partial charge in [0.05, 0.1) is 15.7 Å². The molecule has 2 aromatic rings. The zero-order valence-electron chi connectivity index (χ0n) is 21.2. The van der Waals surface area contributed by atoms with E-state index in [1.165, 1.54) is 8.61 Å². The molecule has 2 heterocycles. The van der Waals surface area contributed by atoms with Crippen molar-refractivity contribution in [2.75, 3.05) is 26.2 Å². The monoisotopic (exact) mass is 533 g/mol. The number of nitrogens with one attached hydrogen (secondary N) is 1. The number of carbonyl (C=O) groups excluding carboxylic acids is 1. The smallest absolute Gasteiger partial charge is 0.243 e. The van der Waals surface area contributed by atoms with Gasteiger partial charge in [-0.15, -0.1) is 0 Å². The Morgan fingerprint density at radius 3 is 2.06 bits per heavy atom. The molecule has 196 valence electrons. The third-order valence-corrected chi connectivity index (χ3v) is 11.1. The number of sulfonamides is 2. The first-order valence-corrected chi connectivity index (χ1v) is 15.3. The van der Waals surface area contributed by atoms with E-state index in [1.807, 2.05) is 32.9 Å². The first kappa shape index (κ1) is 26.8. The normalized spacial score (nSPS) is 19.9. The molecule has 0 bridgehead atoms. The van der Waals surface area contributed by atoms with Crippen LogP contribution in [0.5, 0.6) is 0 Å². The van der Waals surface area contributed by atoms with Gasteiger partial charge in [-0.05, 0) is 75.3 Å². The van der Waals surface area contributed by atoms with Crippen LogP contribution < -0.4 is 5.32 Å². The summed E-state index contributed by atoms with van der Waals surface area (Å²) in [5.41, 5.74) is 3.24. The molecule has 0 radical (unpaired) electrons. The highest BCUT2D eigenvalue weighted by Gasteiger charge is 2.35. The molecule has 0 aromatic heterocycles. The van der Waals surface area contributed by atoms with Crippen LogP contribution >= 0.6 is 0 Å². The molecular formula is C26H35N3O5S2. The van der Waals surface area contributed by atoms with Gasteiger partial charge in [-0.25, -0.2) is 16.8 Å². The van der Waals surface area contributed by atoms with Crippen molar-refractivity contribution >= 4 is 26.0 Å². The number of rotatable bonds is 7. The highest BCUT2D eigenvalue weighted by molar-refractivity contribution is 7.89. The van der Waals surface area contributed by atoms with Gasteiger partial charge in [0, 0.05) is 32.7 Å². The van der Waals surface area contributed by atoms with Gasteiger partial charge in [-0.2, -0.15) is 8.61 Å². The number of carbonyl (C=O) groups is 1. The second-order valence-corrected chi connectivity index (χ2v) is 13.7. The van der Waals surface area contributed by atoms with E-state index in [-0.39, 0.29) is 23.9 Å². The Morgan fingerprint density at radius 2 is 1.44 bits per heavy atom. The molecular weight excluding hydrogens is 498 g/mol. The lowest BCUT2D eigenvalue weighted by Crippen LogP contribution is -2.45. The Morgan fingerprint density at radius 1 is 0.861 bits per heavy atom. The van der Waals surface area contributed by atoms with Crippen LogP contribution in [0.3, 0.4) is 0 Å². The van der Waals surface area contributed by atoms with Crippen LogP contribution in [-0.2, 0) is 31.4 Å². The van der Waals surface area contributed by atoms with Crippen molar-refractivity contribution in [2.24, 2.45) is 5.92 Å². The average Bonchev–Trinajstić information content (AvgIpc) is 3.38. The van der Waals surface area contributed by atoms with Gasteiger partial charge in [-0.3, -0.25) is 4.79 Å². The fourth-order valence-electron chi connectivity index (χ4n) is 5.27. The lowest BCUT2D eigenvalue weighted by atomic mass is 9.99. The minimum absolute atomic E-state index is 0.147. The maximum Gasteiger partial charge on any atom is 0.243 e. The molecule has 0 spiro atoms. The van der Waals surface area contributed by atoms with Crippen LogP contribution in [-0.4, -0.2) is 57.5 Å². The zero-order valence-corrected chi connectivity index (χ0v) is 22.8. The van der Waals surface area contributed by atoms with Crippen LogP contribution in [0.25, 0.3) is 0 Å². The van der Waals surface area contributed by atoms with Crippen molar-refractivity contribution in [2.45, 2.75) is 62.8 Å². The Balaban J connectivity index is 1.39. The Hall–Kier alpha value is -2.27. The topological polar surface area (TPSA) is 104 Å². The molecule has 4 rings (SSSR count). The summed E-state index contributed by atoms with van der Waals surface area (Å²) >= 11 is 0. The highest BCUT2D eigenvalue weighted by Crippen LogP contribution is 2.29. The second kappa shape index (κ2) is 10.6. The van der Waals surface area contributed by atoms with Gasteiger partial charge in [0.25, 0.3) is 0 Å². The van der Waals surface area contributed by atoms with Crippen LogP contribution in [0.4, 0.5) is 0 Å². The predicted molar refractivity (Wildman–Crippen MR) is 138 cm³/mol. The first-order chi connectivity index (χ1) is 17.0. The third-order valence-electron chi connectivity index (χ3n) is 7.05. The minimum atomic E-state index is -3.71. The summed E-state index contributed by atoms with van der Waals surface area (Å²) in [6, 6.07) is 10.3. The van der Waals surface area contributed by atoms with E-state index in [4.69, 9.17) is 0 Å². The van der Waals surface area contributed by atoms with Crippen molar-refractivity contribution in [1.29, 1.82) is 0 Å². The van der Waals surface area contributed by atoms with Crippen molar-refractivity contribution in [1.82, 2.24) is 13.9 Å². The molecule has 2 fully saturated rings. The lowest BCUT2D eigenvalue weighted by Gasteiger charge is -2.32. The largest absolute Gasteiger partial charge is 0.352 e. The number of piperidine rings is 1. The lowest BCUT2D eigenvalue weighted by molar-refractivity contribution is -0.126. The fourth-order valence-corrected chi connectivity index (χ4v) is 8.72. The molecule has 2 saturated heterocycles. The van der Waals surface area contributed by atoms with Gasteiger partial charge in [-0.1, -0.05) is 29.8 Å². The summed E-state index contributed by atoms with van der Waals surface area (Å²) in [7, 11) is -7.18. The van der Waals surface area contributed by atoms with Gasteiger partial charge in [0.15, 0.2) is 0 Å². The number of benzene rings is 2. The van der Waals surface area contributed by atoms with Gasteiger partial charge in [0.1, 0.15) is 0 Å². The predicted octanol–water partition coefficient (Wildman–Crippen LogP) is 3.11.